The third kappa shape index (κ3) is 5.04. The fourth-order valence-electron chi connectivity index (χ4n) is 2.09. The Labute approximate surface area is 125 Å². The molecule has 1 N–H and O–H groups in total. The third-order valence-electron chi connectivity index (χ3n) is 3.19. The molecule has 0 fully saturated rings. The Kier molecular flexibility index (Phi) is 6.92. The van der Waals surface area contributed by atoms with Crippen LogP contribution in [0, 0.1) is 5.82 Å². The summed E-state index contributed by atoms with van der Waals surface area (Å²) in [6.07, 6.45) is 1.02. The Hall–Kier alpha value is -0.650. The largest absolute Gasteiger partial charge is 0.310 e. The highest BCUT2D eigenvalue weighted by atomic mass is 35.5. The molecule has 0 radical (unpaired) electrons. The van der Waals surface area contributed by atoms with E-state index in [-0.39, 0.29) is 23.4 Å². The molecule has 6 heteroatoms. The van der Waals surface area contributed by atoms with E-state index < -0.39 is 9.84 Å². The van der Waals surface area contributed by atoms with E-state index in [9.17, 15) is 12.8 Å². The van der Waals surface area contributed by atoms with Gasteiger partial charge in [-0.05, 0) is 31.5 Å². The fraction of sp³-hybridized carbons (Fsp3) is 0.571. The number of halogens is 2. The number of hydrogen-bond acceptors (Lipinski definition) is 3. The van der Waals surface area contributed by atoms with E-state index in [4.69, 9.17) is 11.6 Å². The van der Waals surface area contributed by atoms with Gasteiger partial charge in [-0.1, -0.05) is 31.5 Å². The summed E-state index contributed by atoms with van der Waals surface area (Å²) >= 11 is 6.06. The van der Waals surface area contributed by atoms with Crippen molar-refractivity contribution in [2.75, 3.05) is 18.1 Å². The highest BCUT2D eigenvalue weighted by molar-refractivity contribution is 7.91. The first-order valence-corrected chi connectivity index (χ1v) is 8.99. The lowest BCUT2D eigenvalue weighted by atomic mass is 10.0. The first-order valence-electron chi connectivity index (χ1n) is 6.79. The zero-order valence-corrected chi connectivity index (χ0v) is 13.4. The lowest BCUT2D eigenvalue weighted by Gasteiger charge is -2.20. The van der Waals surface area contributed by atoms with Crippen LogP contribution in [0.1, 0.15) is 38.3 Å². The monoisotopic (exact) mass is 321 g/mol. The molecule has 1 atom stereocenters. The molecular weight excluding hydrogens is 301 g/mol. The average Bonchev–Trinajstić information content (AvgIpc) is 2.38. The second-order valence-electron chi connectivity index (χ2n) is 4.62. The first kappa shape index (κ1) is 17.4. The van der Waals surface area contributed by atoms with Crippen molar-refractivity contribution in [1.29, 1.82) is 0 Å². The van der Waals surface area contributed by atoms with Gasteiger partial charge in [0.25, 0.3) is 0 Å². The van der Waals surface area contributed by atoms with Gasteiger partial charge >= 0.3 is 0 Å². The standard InChI is InChI=1S/C14H21ClFNO2S/c1-3-17-13(9-6-10-20(18,19)4-2)14-11(15)7-5-8-12(14)16/h5,7-8,13,17H,3-4,6,9-10H2,1-2H3. The minimum atomic E-state index is -2.99. The Morgan fingerprint density at radius 2 is 2.05 bits per heavy atom. The van der Waals surface area contributed by atoms with Crippen molar-refractivity contribution in [2.45, 2.75) is 32.7 Å². The van der Waals surface area contributed by atoms with Crippen LogP contribution < -0.4 is 5.32 Å². The molecule has 0 spiro atoms. The van der Waals surface area contributed by atoms with Crippen molar-refractivity contribution in [2.24, 2.45) is 0 Å². The van der Waals surface area contributed by atoms with Gasteiger partial charge < -0.3 is 5.32 Å². The topological polar surface area (TPSA) is 46.2 Å². The van der Waals surface area contributed by atoms with Gasteiger partial charge in [-0.15, -0.1) is 0 Å². The van der Waals surface area contributed by atoms with Gasteiger partial charge in [-0.3, -0.25) is 0 Å². The zero-order chi connectivity index (χ0) is 15.2. The summed E-state index contributed by atoms with van der Waals surface area (Å²) in [5.41, 5.74) is 0.421. The minimum Gasteiger partial charge on any atom is -0.310 e. The molecule has 0 aliphatic heterocycles. The van der Waals surface area contributed by atoms with Crippen LogP contribution in [0.2, 0.25) is 5.02 Å². The van der Waals surface area contributed by atoms with Gasteiger partial charge in [0.2, 0.25) is 0 Å². The summed E-state index contributed by atoms with van der Waals surface area (Å²) < 4.78 is 36.9. The van der Waals surface area contributed by atoms with Crippen LogP contribution in [0.4, 0.5) is 4.39 Å². The summed E-state index contributed by atoms with van der Waals surface area (Å²) in [7, 11) is -2.99. The van der Waals surface area contributed by atoms with Crippen LogP contribution in [0.15, 0.2) is 18.2 Å². The van der Waals surface area contributed by atoms with Gasteiger partial charge in [-0.2, -0.15) is 0 Å². The van der Waals surface area contributed by atoms with E-state index in [1.165, 1.54) is 6.07 Å². The van der Waals surface area contributed by atoms with Crippen LogP contribution in [0.5, 0.6) is 0 Å². The van der Waals surface area contributed by atoms with Crippen molar-refractivity contribution in [3.63, 3.8) is 0 Å². The number of hydrogen-bond donors (Lipinski definition) is 1. The minimum absolute atomic E-state index is 0.122. The maximum atomic E-state index is 13.9. The van der Waals surface area contributed by atoms with Crippen LogP contribution in [-0.2, 0) is 9.84 Å². The van der Waals surface area contributed by atoms with E-state index in [1.54, 1.807) is 19.1 Å². The molecule has 0 heterocycles. The van der Waals surface area contributed by atoms with Gasteiger partial charge in [0.15, 0.2) is 0 Å². The number of nitrogens with one attached hydrogen (secondary N) is 1. The summed E-state index contributed by atoms with van der Waals surface area (Å²) in [4.78, 5) is 0. The van der Waals surface area contributed by atoms with E-state index in [0.717, 1.165) is 0 Å². The predicted octanol–water partition coefficient (Wildman–Crippen LogP) is 3.34. The molecule has 1 aromatic carbocycles. The Morgan fingerprint density at radius 1 is 1.35 bits per heavy atom. The van der Waals surface area contributed by atoms with Gasteiger partial charge in [0.1, 0.15) is 15.7 Å². The third-order valence-corrected chi connectivity index (χ3v) is 5.31. The van der Waals surface area contributed by atoms with Crippen molar-refractivity contribution in [3.8, 4) is 0 Å². The smallest absolute Gasteiger partial charge is 0.150 e. The van der Waals surface area contributed by atoms with Crippen molar-refractivity contribution < 1.29 is 12.8 Å². The molecule has 114 valence electrons. The van der Waals surface area contributed by atoms with Crippen molar-refractivity contribution in [3.05, 3.63) is 34.6 Å². The summed E-state index contributed by atoms with van der Waals surface area (Å²) in [6.45, 7) is 4.21. The molecule has 0 aromatic heterocycles. The molecule has 3 nitrogen and oxygen atoms in total. The number of sulfone groups is 1. The van der Waals surface area contributed by atoms with E-state index >= 15 is 0 Å². The lowest BCUT2D eigenvalue weighted by Crippen LogP contribution is -2.23. The molecule has 0 amide bonds. The average molecular weight is 322 g/mol. The highest BCUT2D eigenvalue weighted by Gasteiger charge is 2.19. The molecular formula is C14H21ClFNO2S. The molecule has 1 rings (SSSR count). The Balaban J connectivity index is 2.80. The van der Waals surface area contributed by atoms with Crippen LogP contribution in [-0.4, -0.2) is 26.5 Å². The first-order chi connectivity index (χ1) is 9.41. The van der Waals surface area contributed by atoms with Gasteiger partial charge in [-0.25, -0.2) is 12.8 Å². The molecule has 0 bridgehead atoms. The van der Waals surface area contributed by atoms with Gasteiger partial charge in [0, 0.05) is 22.4 Å². The fourth-order valence-corrected chi connectivity index (χ4v) is 3.28. The Morgan fingerprint density at radius 3 is 2.60 bits per heavy atom. The molecule has 0 aliphatic carbocycles. The van der Waals surface area contributed by atoms with Crippen molar-refractivity contribution >= 4 is 21.4 Å². The van der Waals surface area contributed by atoms with Crippen LogP contribution >= 0.6 is 11.6 Å². The molecule has 1 aromatic rings. The van der Waals surface area contributed by atoms with Crippen molar-refractivity contribution in [1.82, 2.24) is 5.32 Å². The molecule has 1 unspecified atom stereocenters. The molecule has 0 saturated carbocycles. The number of benzene rings is 1. The summed E-state index contributed by atoms with van der Waals surface area (Å²) in [5.74, 6) is -0.0987. The maximum Gasteiger partial charge on any atom is 0.150 e. The molecule has 20 heavy (non-hydrogen) atoms. The lowest BCUT2D eigenvalue weighted by molar-refractivity contribution is 0.480. The second-order valence-corrected chi connectivity index (χ2v) is 7.50. The predicted molar refractivity (Wildman–Crippen MR) is 81.4 cm³/mol. The molecule has 0 aliphatic rings. The number of rotatable bonds is 8. The van der Waals surface area contributed by atoms with E-state index in [0.29, 0.717) is 30.0 Å². The van der Waals surface area contributed by atoms with Gasteiger partial charge in [0.05, 0.1) is 5.75 Å². The normalized spacial score (nSPS) is 13.4. The molecule has 0 saturated heterocycles. The highest BCUT2D eigenvalue weighted by Crippen LogP contribution is 2.28. The summed E-state index contributed by atoms with van der Waals surface area (Å²) in [6, 6.07) is 4.31. The SMILES string of the molecule is CCNC(CCCS(=O)(=O)CC)c1c(F)cccc1Cl. The maximum absolute atomic E-state index is 13.9. The van der Waals surface area contributed by atoms with E-state index in [1.807, 2.05) is 6.92 Å². The summed E-state index contributed by atoms with van der Waals surface area (Å²) in [5, 5.41) is 3.54. The second kappa shape index (κ2) is 7.96. The Bertz CT molecular complexity index is 514. The quantitative estimate of drug-likeness (QED) is 0.798. The van der Waals surface area contributed by atoms with Crippen LogP contribution in [0.25, 0.3) is 0 Å². The van der Waals surface area contributed by atoms with Crippen LogP contribution in [0.3, 0.4) is 0 Å². The van der Waals surface area contributed by atoms with E-state index in [2.05, 4.69) is 5.32 Å². The zero-order valence-electron chi connectivity index (χ0n) is 11.8.